The van der Waals surface area contributed by atoms with Crippen LogP contribution in [0.3, 0.4) is 0 Å². The van der Waals surface area contributed by atoms with Crippen molar-refractivity contribution < 1.29 is 18.7 Å². The Morgan fingerprint density at radius 3 is 2.55 bits per heavy atom. The van der Waals surface area contributed by atoms with Gasteiger partial charge in [-0.25, -0.2) is 13.6 Å². The number of aromatic nitrogens is 1. The van der Waals surface area contributed by atoms with Gasteiger partial charge in [0.1, 0.15) is 17.2 Å². The van der Waals surface area contributed by atoms with Crippen LogP contribution in [0.25, 0.3) is 10.9 Å². The summed E-state index contributed by atoms with van der Waals surface area (Å²) in [6.07, 6.45) is 2.34. The van der Waals surface area contributed by atoms with Gasteiger partial charge in [0.05, 0.1) is 16.9 Å². The summed E-state index contributed by atoms with van der Waals surface area (Å²) in [5.41, 5.74) is 3.12. The zero-order chi connectivity index (χ0) is 22.5. The molecule has 162 valence electrons. The van der Waals surface area contributed by atoms with Crippen LogP contribution in [-0.4, -0.2) is 27.2 Å². The molecule has 3 aromatic rings. The molecule has 2 N–H and O–H groups in total. The van der Waals surface area contributed by atoms with Crippen LogP contribution in [0.5, 0.6) is 0 Å². The molecule has 31 heavy (non-hydrogen) atoms. The molecule has 0 aliphatic heterocycles. The fourth-order valence-corrected chi connectivity index (χ4v) is 3.31. The second kappa shape index (κ2) is 9.70. The number of aromatic carboxylic acids is 1. The maximum atomic E-state index is 14.7. The smallest absolute Gasteiger partial charge is 0.341 e. The van der Waals surface area contributed by atoms with Gasteiger partial charge < -0.3 is 9.67 Å². The van der Waals surface area contributed by atoms with Crippen molar-refractivity contribution in [1.82, 2.24) is 4.57 Å². The van der Waals surface area contributed by atoms with E-state index in [0.29, 0.717) is 42.1 Å². The third-order valence-corrected chi connectivity index (χ3v) is 5.04. The molecule has 0 fully saturated rings. The van der Waals surface area contributed by atoms with E-state index in [0.717, 1.165) is 6.07 Å². The summed E-state index contributed by atoms with van der Waals surface area (Å²) in [5, 5.41) is 13.5. The van der Waals surface area contributed by atoms with Crippen LogP contribution in [0.4, 0.5) is 14.5 Å². The van der Waals surface area contributed by atoms with Gasteiger partial charge in [0, 0.05) is 24.0 Å². The molecule has 0 atom stereocenters. The number of alkyl halides is 1. The summed E-state index contributed by atoms with van der Waals surface area (Å²) in [7, 11) is 0. The van der Waals surface area contributed by atoms with Crippen LogP contribution < -0.4 is 10.9 Å². The molecule has 0 spiro atoms. The average molecular weight is 448 g/mol. The number of benzene rings is 2. The Morgan fingerprint density at radius 2 is 1.94 bits per heavy atom. The van der Waals surface area contributed by atoms with Gasteiger partial charge in [-0.15, -0.1) is 11.6 Å². The highest BCUT2D eigenvalue weighted by Gasteiger charge is 2.16. The molecule has 1 heterocycles. The zero-order valence-electron chi connectivity index (χ0n) is 16.7. The molecule has 0 radical (unpaired) electrons. The Labute approximate surface area is 181 Å². The molecule has 1 aromatic heterocycles. The number of fused-ring (bicyclic) bond motifs is 1. The van der Waals surface area contributed by atoms with Gasteiger partial charge in [-0.05, 0) is 49.6 Å². The van der Waals surface area contributed by atoms with Gasteiger partial charge in [-0.1, -0.05) is 12.1 Å². The Balaban J connectivity index is 2.06. The summed E-state index contributed by atoms with van der Waals surface area (Å²) in [4.78, 5) is 23.8. The number of carboxylic acid groups (broad SMARTS) is 1. The second-order valence-corrected chi connectivity index (χ2v) is 7.16. The first-order valence-electron chi connectivity index (χ1n) is 9.60. The van der Waals surface area contributed by atoms with Crippen molar-refractivity contribution in [3.63, 3.8) is 0 Å². The number of anilines is 1. The van der Waals surface area contributed by atoms with Crippen LogP contribution in [-0.2, 0) is 6.54 Å². The molecule has 0 saturated heterocycles. The number of carbonyl (C=O) groups is 1. The van der Waals surface area contributed by atoms with Gasteiger partial charge in [0.25, 0.3) is 0 Å². The third kappa shape index (κ3) is 4.91. The zero-order valence-corrected chi connectivity index (χ0v) is 17.4. The van der Waals surface area contributed by atoms with Gasteiger partial charge in [-0.3, -0.25) is 10.2 Å². The van der Waals surface area contributed by atoms with E-state index in [9.17, 15) is 23.5 Å². The number of pyridine rings is 1. The fraction of sp³-hybridized carbons (Fsp3) is 0.227. The predicted molar refractivity (Wildman–Crippen MR) is 117 cm³/mol. The molecule has 9 heteroatoms. The summed E-state index contributed by atoms with van der Waals surface area (Å²) in [6, 6.07) is 8.18. The lowest BCUT2D eigenvalue weighted by atomic mass is 10.1. The minimum Gasteiger partial charge on any atom is -0.477 e. The maximum Gasteiger partial charge on any atom is 0.341 e. The molecule has 0 saturated carbocycles. The average Bonchev–Trinajstić information content (AvgIpc) is 2.75. The third-order valence-electron chi connectivity index (χ3n) is 4.78. The van der Waals surface area contributed by atoms with E-state index in [2.05, 4.69) is 10.5 Å². The molecule has 0 aliphatic carbocycles. The van der Waals surface area contributed by atoms with E-state index in [1.807, 2.05) is 0 Å². The monoisotopic (exact) mass is 447 g/mol. The molecule has 0 aliphatic rings. The molecule has 3 rings (SSSR count). The van der Waals surface area contributed by atoms with Crippen molar-refractivity contribution in [2.24, 2.45) is 5.10 Å². The second-order valence-electron chi connectivity index (χ2n) is 6.78. The summed E-state index contributed by atoms with van der Waals surface area (Å²) in [5.74, 6) is -2.11. The van der Waals surface area contributed by atoms with Crippen LogP contribution in [0, 0.1) is 11.6 Å². The highest BCUT2D eigenvalue weighted by molar-refractivity contribution is 6.18. The fourth-order valence-electron chi connectivity index (χ4n) is 3.18. The van der Waals surface area contributed by atoms with E-state index in [1.165, 1.54) is 24.4 Å². The highest BCUT2D eigenvalue weighted by atomic mass is 35.5. The van der Waals surface area contributed by atoms with Crippen molar-refractivity contribution in [2.45, 2.75) is 26.3 Å². The first kappa shape index (κ1) is 22.4. The number of nitrogens with zero attached hydrogens (tertiary/aromatic N) is 2. The van der Waals surface area contributed by atoms with Gasteiger partial charge in [0.15, 0.2) is 0 Å². The lowest BCUT2D eigenvalue weighted by Crippen LogP contribution is -2.19. The molecular weight excluding hydrogens is 428 g/mol. The van der Waals surface area contributed by atoms with Crippen LogP contribution in [0.2, 0.25) is 0 Å². The molecular formula is C22H20ClF2N3O3. The van der Waals surface area contributed by atoms with Crippen molar-refractivity contribution in [2.75, 3.05) is 11.3 Å². The predicted octanol–water partition coefficient (Wildman–Crippen LogP) is 4.83. The van der Waals surface area contributed by atoms with Gasteiger partial charge >= 0.3 is 5.97 Å². The van der Waals surface area contributed by atoms with Gasteiger partial charge in [-0.2, -0.15) is 5.10 Å². The molecule has 6 nitrogen and oxygen atoms in total. The number of rotatable bonds is 8. The Morgan fingerprint density at radius 1 is 1.23 bits per heavy atom. The normalized spacial score (nSPS) is 11.7. The van der Waals surface area contributed by atoms with E-state index >= 15 is 0 Å². The van der Waals surface area contributed by atoms with E-state index < -0.39 is 22.8 Å². The topological polar surface area (TPSA) is 83.7 Å². The van der Waals surface area contributed by atoms with Crippen LogP contribution >= 0.6 is 11.6 Å². The Bertz CT molecular complexity index is 1210. The lowest BCUT2D eigenvalue weighted by molar-refractivity contribution is 0.0695. The lowest BCUT2D eigenvalue weighted by Gasteiger charge is -2.13. The van der Waals surface area contributed by atoms with Crippen molar-refractivity contribution >= 4 is 39.9 Å². The summed E-state index contributed by atoms with van der Waals surface area (Å²) in [6.45, 7) is 2.16. The van der Waals surface area contributed by atoms with Crippen molar-refractivity contribution in [3.8, 4) is 0 Å². The summed E-state index contributed by atoms with van der Waals surface area (Å²) >= 11 is 5.78. The number of nitrogens with one attached hydrogen (secondary N) is 1. The minimum absolute atomic E-state index is 0.0164. The molecule has 0 amide bonds. The largest absolute Gasteiger partial charge is 0.477 e. The SMILES string of the molecule is CCn1cc(C(=O)O)c(=O)c2cc(F)c(N/N=C(\CCCCl)c3ccc(F)cc3)cc21. The van der Waals surface area contributed by atoms with Crippen LogP contribution in [0.15, 0.2) is 52.5 Å². The Kier molecular flexibility index (Phi) is 7.02. The van der Waals surface area contributed by atoms with E-state index in [1.54, 1.807) is 23.6 Å². The standard InChI is InChI=1S/C22H20ClF2N3O3/c1-2-28-12-16(22(30)31)21(29)15-10-17(25)19(11-20(15)28)27-26-18(4-3-9-23)13-5-7-14(24)8-6-13/h5-8,10-12,27H,2-4,9H2,1H3,(H,30,31)/b26-18+. The number of halogens is 3. The van der Waals surface area contributed by atoms with Gasteiger partial charge in [0.2, 0.25) is 5.43 Å². The molecule has 0 bridgehead atoms. The van der Waals surface area contributed by atoms with Crippen molar-refractivity contribution in [1.29, 1.82) is 0 Å². The van der Waals surface area contributed by atoms with Crippen molar-refractivity contribution in [3.05, 3.63) is 75.6 Å². The number of hydrogen-bond donors (Lipinski definition) is 2. The number of hydrogen-bond acceptors (Lipinski definition) is 4. The maximum absolute atomic E-state index is 14.7. The molecule has 0 unspecified atom stereocenters. The number of hydrazone groups is 1. The Hall–Kier alpha value is -3.26. The first-order valence-corrected chi connectivity index (χ1v) is 10.1. The van der Waals surface area contributed by atoms with E-state index in [4.69, 9.17) is 11.6 Å². The number of aryl methyl sites for hydroxylation is 1. The minimum atomic E-state index is -1.37. The molecule has 2 aromatic carbocycles. The number of carboxylic acids is 1. The van der Waals surface area contributed by atoms with Crippen LogP contribution in [0.1, 0.15) is 35.7 Å². The summed E-state index contributed by atoms with van der Waals surface area (Å²) < 4.78 is 29.5. The quantitative estimate of drug-likeness (QED) is 0.294. The highest BCUT2D eigenvalue weighted by Crippen LogP contribution is 2.23. The van der Waals surface area contributed by atoms with E-state index in [-0.39, 0.29) is 16.9 Å². The first-order chi connectivity index (χ1) is 14.8.